The SMILES string of the molecule is Cc1ccc(Br)cc1S(=O)(=O)N(C)C1CCN(C)CC1. The summed E-state index contributed by atoms with van der Waals surface area (Å²) < 4.78 is 27.9. The van der Waals surface area contributed by atoms with E-state index in [1.807, 2.05) is 19.1 Å². The van der Waals surface area contributed by atoms with E-state index in [0.29, 0.717) is 4.90 Å². The van der Waals surface area contributed by atoms with E-state index >= 15 is 0 Å². The van der Waals surface area contributed by atoms with Crippen molar-refractivity contribution in [3.05, 3.63) is 28.2 Å². The standard InChI is InChI=1S/C14H21BrN2O2S/c1-11-4-5-12(15)10-14(11)20(18,19)17(3)13-6-8-16(2)9-7-13/h4-5,10,13H,6-9H2,1-3H3. The summed E-state index contributed by atoms with van der Waals surface area (Å²) in [6.07, 6.45) is 1.78. The van der Waals surface area contributed by atoms with E-state index in [0.717, 1.165) is 36.0 Å². The fourth-order valence-electron chi connectivity index (χ4n) is 2.56. The number of sulfonamides is 1. The summed E-state index contributed by atoms with van der Waals surface area (Å²) in [5, 5.41) is 0. The van der Waals surface area contributed by atoms with Crippen molar-refractivity contribution >= 4 is 26.0 Å². The van der Waals surface area contributed by atoms with Gasteiger partial charge in [-0.15, -0.1) is 0 Å². The second-order valence-corrected chi connectivity index (χ2v) is 8.35. The summed E-state index contributed by atoms with van der Waals surface area (Å²) in [7, 11) is 0.348. The van der Waals surface area contributed by atoms with Crippen LogP contribution in [0.4, 0.5) is 0 Å². The predicted octanol–water partition coefficient (Wildman–Crippen LogP) is 2.47. The van der Waals surface area contributed by atoms with E-state index < -0.39 is 10.0 Å². The molecule has 0 aliphatic carbocycles. The van der Waals surface area contributed by atoms with Gasteiger partial charge in [0, 0.05) is 17.6 Å². The van der Waals surface area contributed by atoms with E-state index in [4.69, 9.17) is 0 Å². The van der Waals surface area contributed by atoms with Crippen molar-refractivity contribution in [1.82, 2.24) is 9.21 Å². The number of halogens is 1. The zero-order valence-electron chi connectivity index (χ0n) is 12.1. The van der Waals surface area contributed by atoms with Crippen LogP contribution in [-0.4, -0.2) is 50.8 Å². The number of aryl methyl sites for hydroxylation is 1. The van der Waals surface area contributed by atoms with Crippen molar-refractivity contribution < 1.29 is 8.42 Å². The van der Waals surface area contributed by atoms with Crippen LogP contribution in [0.1, 0.15) is 18.4 Å². The maximum atomic E-state index is 12.8. The third-order valence-corrected chi connectivity index (χ3v) is 6.55. The Bertz CT molecular complexity index is 581. The van der Waals surface area contributed by atoms with Crippen LogP contribution < -0.4 is 0 Å². The summed E-state index contributed by atoms with van der Waals surface area (Å²) in [5.41, 5.74) is 0.785. The normalized spacial score (nSPS) is 18.6. The molecule has 0 bridgehead atoms. The molecule has 1 aliphatic heterocycles. The molecule has 2 rings (SSSR count). The Kier molecular flexibility index (Phi) is 4.89. The Hall–Kier alpha value is -0.430. The lowest BCUT2D eigenvalue weighted by atomic mass is 10.1. The molecule has 1 heterocycles. The number of benzene rings is 1. The molecule has 1 saturated heterocycles. The first kappa shape index (κ1) is 15.9. The molecule has 0 saturated carbocycles. The fraction of sp³-hybridized carbons (Fsp3) is 0.571. The first-order valence-electron chi connectivity index (χ1n) is 6.75. The van der Waals surface area contributed by atoms with Gasteiger partial charge in [0.1, 0.15) is 0 Å². The predicted molar refractivity (Wildman–Crippen MR) is 84.3 cm³/mol. The average Bonchev–Trinajstić information content (AvgIpc) is 2.41. The summed E-state index contributed by atoms with van der Waals surface area (Å²) in [5.74, 6) is 0. The summed E-state index contributed by atoms with van der Waals surface area (Å²) >= 11 is 3.35. The van der Waals surface area contributed by atoms with E-state index in [1.165, 1.54) is 0 Å². The molecule has 0 N–H and O–H groups in total. The number of piperidine rings is 1. The quantitative estimate of drug-likeness (QED) is 0.831. The van der Waals surface area contributed by atoms with Crippen LogP contribution in [0.3, 0.4) is 0 Å². The van der Waals surface area contributed by atoms with Crippen molar-refractivity contribution in [3.63, 3.8) is 0 Å². The fourth-order valence-corrected chi connectivity index (χ4v) is 4.74. The van der Waals surface area contributed by atoms with Crippen LogP contribution in [0.15, 0.2) is 27.6 Å². The van der Waals surface area contributed by atoms with Gasteiger partial charge in [-0.3, -0.25) is 0 Å². The minimum Gasteiger partial charge on any atom is -0.306 e. The minimum absolute atomic E-state index is 0.0922. The lowest BCUT2D eigenvalue weighted by Crippen LogP contribution is -2.44. The smallest absolute Gasteiger partial charge is 0.243 e. The molecule has 1 aromatic rings. The Balaban J connectivity index is 2.27. The van der Waals surface area contributed by atoms with Gasteiger partial charge in [0.05, 0.1) is 4.90 Å². The maximum absolute atomic E-state index is 12.8. The number of rotatable bonds is 3. The highest BCUT2D eigenvalue weighted by Gasteiger charge is 2.31. The molecule has 0 aromatic heterocycles. The summed E-state index contributed by atoms with van der Waals surface area (Å²) in [4.78, 5) is 2.63. The van der Waals surface area contributed by atoms with Gasteiger partial charge in [-0.05, 0) is 57.6 Å². The van der Waals surface area contributed by atoms with Gasteiger partial charge in [0.25, 0.3) is 0 Å². The third kappa shape index (κ3) is 3.24. The van der Waals surface area contributed by atoms with Crippen molar-refractivity contribution in [2.45, 2.75) is 30.7 Å². The molecule has 0 spiro atoms. The highest BCUT2D eigenvalue weighted by atomic mass is 79.9. The lowest BCUT2D eigenvalue weighted by molar-refractivity contribution is 0.197. The zero-order valence-corrected chi connectivity index (χ0v) is 14.5. The number of hydrogen-bond donors (Lipinski definition) is 0. The Morgan fingerprint density at radius 3 is 2.50 bits per heavy atom. The Morgan fingerprint density at radius 2 is 1.90 bits per heavy atom. The molecule has 1 aromatic carbocycles. The Morgan fingerprint density at radius 1 is 1.30 bits per heavy atom. The first-order valence-corrected chi connectivity index (χ1v) is 8.98. The molecule has 20 heavy (non-hydrogen) atoms. The van der Waals surface area contributed by atoms with Gasteiger partial charge in [-0.1, -0.05) is 22.0 Å². The van der Waals surface area contributed by atoms with Gasteiger partial charge in [0.2, 0.25) is 10.0 Å². The largest absolute Gasteiger partial charge is 0.306 e. The minimum atomic E-state index is -3.42. The summed E-state index contributed by atoms with van der Waals surface area (Å²) in [6.45, 7) is 3.73. The van der Waals surface area contributed by atoms with Crippen LogP contribution in [0, 0.1) is 6.92 Å². The molecule has 112 valence electrons. The van der Waals surface area contributed by atoms with Crippen LogP contribution >= 0.6 is 15.9 Å². The van der Waals surface area contributed by atoms with Gasteiger partial charge >= 0.3 is 0 Å². The molecular weight excluding hydrogens is 340 g/mol. The highest BCUT2D eigenvalue weighted by Crippen LogP contribution is 2.26. The molecule has 0 atom stereocenters. The molecule has 4 nitrogen and oxygen atoms in total. The third-order valence-electron chi connectivity index (χ3n) is 4.01. The topological polar surface area (TPSA) is 40.6 Å². The van der Waals surface area contributed by atoms with E-state index in [1.54, 1.807) is 17.4 Å². The molecule has 0 radical (unpaired) electrons. The van der Waals surface area contributed by atoms with Gasteiger partial charge in [-0.25, -0.2) is 8.42 Å². The number of nitrogens with zero attached hydrogens (tertiary/aromatic N) is 2. The van der Waals surface area contributed by atoms with Crippen molar-refractivity contribution in [2.75, 3.05) is 27.2 Å². The molecule has 6 heteroatoms. The van der Waals surface area contributed by atoms with Crippen LogP contribution in [0.25, 0.3) is 0 Å². The molecule has 1 fully saturated rings. The maximum Gasteiger partial charge on any atom is 0.243 e. The van der Waals surface area contributed by atoms with Crippen LogP contribution in [0.5, 0.6) is 0 Å². The zero-order chi connectivity index (χ0) is 14.9. The van der Waals surface area contributed by atoms with E-state index in [-0.39, 0.29) is 6.04 Å². The average molecular weight is 361 g/mol. The van der Waals surface area contributed by atoms with Gasteiger partial charge in [-0.2, -0.15) is 4.31 Å². The van der Waals surface area contributed by atoms with Gasteiger partial charge in [0.15, 0.2) is 0 Å². The Labute approximate surface area is 129 Å². The van der Waals surface area contributed by atoms with E-state index in [9.17, 15) is 8.42 Å². The highest BCUT2D eigenvalue weighted by molar-refractivity contribution is 9.10. The van der Waals surface area contributed by atoms with Gasteiger partial charge < -0.3 is 4.90 Å². The number of likely N-dealkylation sites (tertiary alicyclic amines) is 1. The van der Waals surface area contributed by atoms with Crippen LogP contribution in [0.2, 0.25) is 0 Å². The monoisotopic (exact) mass is 360 g/mol. The molecule has 1 aliphatic rings. The van der Waals surface area contributed by atoms with Crippen molar-refractivity contribution in [2.24, 2.45) is 0 Å². The molecule has 0 unspecified atom stereocenters. The lowest BCUT2D eigenvalue weighted by Gasteiger charge is -2.34. The molecule has 0 amide bonds. The second-order valence-electron chi connectivity index (χ2n) is 5.47. The van der Waals surface area contributed by atoms with Crippen LogP contribution in [-0.2, 0) is 10.0 Å². The summed E-state index contributed by atoms with van der Waals surface area (Å²) in [6, 6.07) is 5.48. The molecular formula is C14H21BrN2O2S. The second kappa shape index (κ2) is 6.13. The van der Waals surface area contributed by atoms with E-state index in [2.05, 4.69) is 27.9 Å². The first-order chi connectivity index (χ1) is 9.32. The van der Waals surface area contributed by atoms with Crippen molar-refractivity contribution in [1.29, 1.82) is 0 Å². The number of hydrogen-bond acceptors (Lipinski definition) is 3. The van der Waals surface area contributed by atoms with Crippen molar-refractivity contribution in [3.8, 4) is 0 Å².